The predicted molar refractivity (Wildman–Crippen MR) is 66.1 cm³/mol. The number of anilines is 1. The molecular weight excluding hydrogens is 198 g/mol. The van der Waals surface area contributed by atoms with Crippen molar-refractivity contribution in [2.45, 2.75) is 27.7 Å². The Labute approximate surface area is 97.5 Å². The summed E-state index contributed by atoms with van der Waals surface area (Å²) in [6.07, 6.45) is 1.70. The first kappa shape index (κ1) is 12.5. The molecule has 1 unspecified atom stereocenters. The van der Waals surface area contributed by atoms with E-state index >= 15 is 0 Å². The van der Waals surface area contributed by atoms with Gasteiger partial charge < -0.3 is 5.32 Å². The smallest absolute Gasteiger partial charge is 0.143 e. The Bertz CT molecular complexity index is 385. The lowest BCUT2D eigenvalue weighted by molar-refractivity contribution is 0.274. The van der Waals surface area contributed by atoms with E-state index in [-0.39, 0.29) is 5.41 Å². The molecule has 0 aliphatic rings. The maximum absolute atomic E-state index is 8.91. The van der Waals surface area contributed by atoms with Crippen molar-refractivity contribution in [1.82, 2.24) is 4.98 Å². The normalized spacial score (nSPS) is 12.9. The molecule has 16 heavy (non-hydrogen) atoms. The SMILES string of the molecule is CC(CNc1ncccc1C#N)C(C)(C)C. The third kappa shape index (κ3) is 3.23. The average molecular weight is 217 g/mol. The van der Waals surface area contributed by atoms with Gasteiger partial charge in [0.15, 0.2) is 0 Å². The van der Waals surface area contributed by atoms with E-state index in [9.17, 15) is 0 Å². The van der Waals surface area contributed by atoms with Gasteiger partial charge in [-0.05, 0) is 23.5 Å². The summed E-state index contributed by atoms with van der Waals surface area (Å²) in [5.74, 6) is 1.20. The van der Waals surface area contributed by atoms with Crippen LogP contribution in [0.5, 0.6) is 0 Å². The van der Waals surface area contributed by atoms with Crippen molar-refractivity contribution in [2.75, 3.05) is 11.9 Å². The molecule has 0 bridgehead atoms. The first-order valence-corrected chi connectivity index (χ1v) is 5.54. The van der Waals surface area contributed by atoms with Gasteiger partial charge in [0.05, 0.1) is 5.56 Å². The molecule has 1 heterocycles. The fourth-order valence-corrected chi connectivity index (χ4v) is 1.19. The number of hydrogen-bond acceptors (Lipinski definition) is 3. The Morgan fingerprint density at radius 3 is 2.75 bits per heavy atom. The molecule has 3 nitrogen and oxygen atoms in total. The number of aromatic nitrogens is 1. The van der Waals surface area contributed by atoms with E-state index in [1.54, 1.807) is 18.3 Å². The van der Waals surface area contributed by atoms with Gasteiger partial charge in [-0.25, -0.2) is 4.98 Å². The monoisotopic (exact) mass is 217 g/mol. The first-order chi connectivity index (χ1) is 7.45. The zero-order chi connectivity index (χ0) is 12.2. The van der Waals surface area contributed by atoms with Crippen LogP contribution in [0.15, 0.2) is 18.3 Å². The van der Waals surface area contributed by atoms with Crippen molar-refractivity contribution in [3.8, 4) is 6.07 Å². The van der Waals surface area contributed by atoms with Crippen molar-refractivity contribution >= 4 is 5.82 Å². The van der Waals surface area contributed by atoms with Gasteiger partial charge in [0.2, 0.25) is 0 Å². The van der Waals surface area contributed by atoms with Crippen molar-refractivity contribution < 1.29 is 0 Å². The highest BCUT2D eigenvalue weighted by molar-refractivity contribution is 5.51. The van der Waals surface area contributed by atoms with Gasteiger partial charge in [-0.15, -0.1) is 0 Å². The minimum absolute atomic E-state index is 0.259. The summed E-state index contributed by atoms with van der Waals surface area (Å²) in [4.78, 5) is 4.17. The summed E-state index contributed by atoms with van der Waals surface area (Å²) < 4.78 is 0. The van der Waals surface area contributed by atoms with E-state index in [0.717, 1.165) is 6.54 Å². The van der Waals surface area contributed by atoms with Crippen LogP contribution in [-0.2, 0) is 0 Å². The second kappa shape index (κ2) is 4.98. The van der Waals surface area contributed by atoms with Crippen LogP contribution in [0.1, 0.15) is 33.3 Å². The lowest BCUT2D eigenvalue weighted by atomic mass is 9.82. The van der Waals surface area contributed by atoms with E-state index in [0.29, 0.717) is 17.3 Å². The zero-order valence-corrected chi connectivity index (χ0v) is 10.4. The molecule has 3 heteroatoms. The van der Waals surface area contributed by atoms with E-state index < -0.39 is 0 Å². The molecule has 1 atom stereocenters. The summed E-state index contributed by atoms with van der Waals surface area (Å²) in [7, 11) is 0. The van der Waals surface area contributed by atoms with Crippen LogP contribution in [0.3, 0.4) is 0 Å². The highest BCUT2D eigenvalue weighted by Gasteiger charge is 2.19. The molecule has 1 aromatic rings. The molecular formula is C13H19N3. The molecule has 0 aromatic carbocycles. The molecule has 0 amide bonds. The van der Waals surface area contributed by atoms with E-state index in [2.05, 4.69) is 44.1 Å². The number of nitrogens with zero attached hydrogens (tertiary/aromatic N) is 2. The number of nitrogens with one attached hydrogen (secondary N) is 1. The molecule has 0 aliphatic carbocycles. The summed E-state index contributed by atoms with van der Waals surface area (Å²) >= 11 is 0. The Morgan fingerprint density at radius 1 is 1.50 bits per heavy atom. The third-order valence-corrected chi connectivity index (χ3v) is 2.98. The topological polar surface area (TPSA) is 48.7 Å². The van der Waals surface area contributed by atoms with Gasteiger partial charge in [-0.3, -0.25) is 0 Å². The van der Waals surface area contributed by atoms with Gasteiger partial charge in [0.25, 0.3) is 0 Å². The number of hydrogen-bond donors (Lipinski definition) is 1. The van der Waals surface area contributed by atoms with Crippen LogP contribution in [0.25, 0.3) is 0 Å². The predicted octanol–water partition coefficient (Wildman–Crippen LogP) is 3.05. The Kier molecular flexibility index (Phi) is 3.89. The van der Waals surface area contributed by atoms with E-state index in [1.165, 1.54) is 0 Å². The molecule has 0 saturated heterocycles. The lowest BCUT2D eigenvalue weighted by Gasteiger charge is -2.27. The van der Waals surface area contributed by atoms with E-state index in [1.807, 2.05) is 0 Å². The largest absolute Gasteiger partial charge is 0.369 e. The summed E-state index contributed by atoms with van der Waals surface area (Å²) in [6, 6.07) is 5.68. The van der Waals surface area contributed by atoms with Crippen molar-refractivity contribution in [3.05, 3.63) is 23.9 Å². The van der Waals surface area contributed by atoms with Crippen molar-refractivity contribution in [1.29, 1.82) is 5.26 Å². The molecule has 0 aliphatic heterocycles. The maximum atomic E-state index is 8.91. The highest BCUT2D eigenvalue weighted by atomic mass is 15.0. The van der Waals surface area contributed by atoms with Crippen LogP contribution < -0.4 is 5.32 Å². The molecule has 1 rings (SSSR count). The minimum atomic E-state index is 0.259. The molecule has 1 aromatic heterocycles. The van der Waals surface area contributed by atoms with Gasteiger partial charge in [-0.1, -0.05) is 27.7 Å². The molecule has 0 spiro atoms. The fourth-order valence-electron chi connectivity index (χ4n) is 1.19. The Morgan fingerprint density at radius 2 is 2.19 bits per heavy atom. The second-order valence-corrected chi connectivity index (χ2v) is 5.16. The van der Waals surface area contributed by atoms with Crippen LogP contribution in [0, 0.1) is 22.7 Å². The highest BCUT2D eigenvalue weighted by Crippen LogP contribution is 2.25. The minimum Gasteiger partial charge on any atom is -0.369 e. The molecule has 86 valence electrons. The standard InChI is InChI=1S/C13H19N3/c1-10(13(2,3)4)9-16-12-11(8-14)6-5-7-15-12/h5-7,10H,9H2,1-4H3,(H,15,16). The van der Waals surface area contributed by atoms with Crippen LogP contribution in [0.4, 0.5) is 5.82 Å². The summed E-state index contributed by atoms with van der Waals surface area (Å²) in [6.45, 7) is 9.66. The molecule has 0 radical (unpaired) electrons. The zero-order valence-electron chi connectivity index (χ0n) is 10.4. The van der Waals surface area contributed by atoms with Gasteiger partial charge in [0, 0.05) is 12.7 Å². The van der Waals surface area contributed by atoms with E-state index in [4.69, 9.17) is 5.26 Å². The molecule has 1 N–H and O–H groups in total. The maximum Gasteiger partial charge on any atom is 0.143 e. The summed E-state index contributed by atoms with van der Waals surface area (Å²) in [5.41, 5.74) is 0.859. The second-order valence-electron chi connectivity index (χ2n) is 5.16. The number of rotatable bonds is 3. The van der Waals surface area contributed by atoms with Gasteiger partial charge in [-0.2, -0.15) is 5.26 Å². The van der Waals surface area contributed by atoms with Crippen LogP contribution >= 0.6 is 0 Å². The Hall–Kier alpha value is -1.56. The van der Waals surface area contributed by atoms with Crippen molar-refractivity contribution in [2.24, 2.45) is 11.3 Å². The molecule has 0 saturated carbocycles. The van der Waals surface area contributed by atoms with Crippen LogP contribution in [0.2, 0.25) is 0 Å². The quantitative estimate of drug-likeness (QED) is 0.846. The first-order valence-electron chi connectivity index (χ1n) is 5.54. The summed E-state index contributed by atoms with van der Waals surface area (Å²) in [5, 5.41) is 12.2. The van der Waals surface area contributed by atoms with Gasteiger partial charge >= 0.3 is 0 Å². The molecule has 0 fully saturated rings. The Balaban J connectivity index is 2.66. The third-order valence-electron chi connectivity index (χ3n) is 2.98. The van der Waals surface area contributed by atoms with Gasteiger partial charge in [0.1, 0.15) is 11.9 Å². The fraction of sp³-hybridized carbons (Fsp3) is 0.538. The number of pyridine rings is 1. The number of nitriles is 1. The van der Waals surface area contributed by atoms with Crippen LogP contribution in [-0.4, -0.2) is 11.5 Å². The lowest BCUT2D eigenvalue weighted by Crippen LogP contribution is -2.25. The average Bonchev–Trinajstić information content (AvgIpc) is 2.24. The van der Waals surface area contributed by atoms with Crippen molar-refractivity contribution in [3.63, 3.8) is 0 Å².